The Bertz CT molecular complexity index is 1460. The lowest BCUT2D eigenvalue weighted by atomic mass is 10.2. The molecule has 38 heavy (non-hydrogen) atoms. The third-order valence-corrected chi connectivity index (χ3v) is 5.84. The van der Waals surface area contributed by atoms with Gasteiger partial charge >= 0.3 is 11.9 Å². The lowest BCUT2D eigenvalue weighted by molar-refractivity contribution is -0.120. The number of nitrogen functional groups attached to an aromatic ring is 1. The van der Waals surface area contributed by atoms with Crippen molar-refractivity contribution in [1.82, 2.24) is 0 Å². The highest BCUT2D eigenvalue weighted by Crippen LogP contribution is 2.31. The molecule has 0 saturated heterocycles. The number of benzene rings is 3. The zero-order chi connectivity index (χ0) is 27.6. The molecule has 9 nitrogen and oxygen atoms in total. The van der Waals surface area contributed by atoms with Crippen LogP contribution in [0.15, 0.2) is 77.5 Å². The summed E-state index contributed by atoms with van der Waals surface area (Å²) in [4.78, 5) is 51.3. The molecule has 0 aliphatic carbocycles. The highest BCUT2D eigenvalue weighted by atomic mass is 35.5. The fourth-order valence-corrected chi connectivity index (χ4v) is 3.84. The predicted octanol–water partition coefficient (Wildman–Crippen LogP) is 4.80. The van der Waals surface area contributed by atoms with Crippen LogP contribution in [0, 0.1) is 6.92 Å². The van der Waals surface area contributed by atoms with Gasteiger partial charge in [0.05, 0.1) is 28.6 Å². The summed E-state index contributed by atoms with van der Waals surface area (Å²) >= 11 is 6.20. The number of carbonyl (C=O) groups is 4. The zero-order valence-electron chi connectivity index (χ0n) is 20.8. The van der Waals surface area contributed by atoms with Gasteiger partial charge in [-0.15, -0.1) is 0 Å². The number of anilines is 3. The zero-order valence-corrected chi connectivity index (χ0v) is 21.5. The standard InChI is InChI=1S/C28H24ClN3O6/c1-15(2)37-27(35)18-7-11-20(12-8-18)32-25(33)23(29)24(26(32)34)31-19-9-5-17(6-10-19)28(36)38-22-13-4-16(3)14-21(22)30/h4-15,31H,30H2,1-3H3. The molecule has 0 radical (unpaired) electrons. The fraction of sp³-hybridized carbons (Fsp3) is 0.143. The van der Waals surface area contributed by atoms with Gasteiger partial charge in [-0.05, 0) is 87.0 Å². The van der Waals surface area contributed by atoms with Gasteiger partial charge in [0.15, 0.2) is 5.75 Å². The SMILES string of the molecule is Cc1ccc(OC(=O)c2ccc(NC3=C(Cl)C(=O)N(c4ccc(C(=O)OC(C)C)cc4)C3=O)cc2)c(N)c1. The predicted molar refractivity (Wildman–Crippen MR) is 143 cm³/mol. The van der Waals surface area contributed by atoms with Crippen LogP contribution in [-0.4, -0.2) is 29.9 Å². The Morgan fingerprint density at radius 3 is 2.11 bits per heavy atom. The average molecular weight is 534 g/mol. The molecule has 4 rings (SSSR count). The van der Waals surface area contributed by atoms with Gasteiger partial charge in [0.2, 0.25) is 0 Å². The maximum Gasteiger partial charge on any atom is 0.343 e. The van der Waals surface area contributed by atoms with Crippen molar-refractivity contribution >= 4 is 52.4 Å². The monoisotopic (exact) mass is 533 g/mol. The highest BCUT2D eigenvalue weighted by Gasteiger charge is 2.39. The van der Waals surface area contributed by atoms with Crippen LogP contribution < -0.4 is 20.7 Å². The fourth-order valence-electron chi connectivity index (χ4n) is 3.63. The van der Waals surface area contributed by atoms with Crippen LogP contribution >= 0.6 is 11.6 Å². The van der Waals surface area contributed by atoms with Gasteiger partial charge in [-0.1, -0.05) is 17.7 Å². The van der Waals surface area contributed by atoms with Crippen LogP contribution in [0.3, 0.4) is 0 Å². The second-order valence-corrected chi connectivity index (χ2v) is 9.15. The summed E-state index contributed by atoms with van der Waals surface area (Å²) in [5, 5.41) is 2.55. The van der Waals surface area contributed by atoms with Crippen molar-refractivity contribution < 1.29 is 28.7 Å². The molecular weight excluding hydrogens is 510 g/mol. The van der Waals surface area contributed by atoms with E-state index in [-0.39, 0.29) is 39.4 Å². The Morgan fingerprint density at radius 1 is 0.895 bits per heavy atom. The van der Waals surface area contributed by atoms with E-state index < -0.39 is 23.8 Å². The van der Waals surface area contributed by atoms with Crippen molar-refractivity contribution in [3.05, 3.63) is 94.1 Å². The van der Waals surface area contributed by atoms with Gasteiger partial charge in [0, 0.05) is 5.69 Å². The first-order chi connectivity index (χ1) is 18.0. The molecule has 1 aliphatic rings. The molecule has 10 heteroatoms. The number of esters is 2. The summed E-state index contributed by atoms with van der Waals surface area (Å²) in [6, 6.07) is 17.0. The first kappa shape index (κ1) is 26.4. The van der Waals surface area contributed by atoms with Crippen molar-refractivity contribution in [3.8, 4) is 5.75 Å². The van der Waals surface area contributed by atoms with Gasteiger partial charge in [-0.3, -0.25) is 9.59 Å². The van der Waals surface area contributed by atoms with E-state index in [1.54, 1.807) is 44.2 Å². The molecular formula is C28H24ClN3O6. The minimum Gasteiger partial charge on any atom is -0.459 e. The second-order valence-electron chi connectivity index (χ2n) is 8.77. The maximum atomic E-state index is 13.1. The summed E-state index contributed by atoms with van der Waals surface area (Å²) in [5.74, 6) is -2.26. The van der Waals surface area contributed by atoms with E-state index in [4.69, 9.17) is 26.8 Å². The number of hydrogen-bond acceptors (Lipinski definition) is 8. The van der Waals surface area contributed by atoms with Gasteiger partial charge in [-0.25, -0.2) is 14.5 Å². The number of hydrogen-bond donors (Lipinski definition) is 2. The third kappa shape index (κ3) is 5.52. The van der Waals surface area contributed by atoms with E-state index in [0.717, 1.165) is 10.5 Å². The number of aryl methyl sites for hydroxylation is 1. The van der Waals surface area contributed by atoms with Gasteiger partial charge in [0.1, 0.15) is 10.7 Å². The molecule has 2 amide bonds. The van der Waals surface area contributed by atoms with Crippen molar-refractivity contribution in [3.63, 3.8) is 0 Å². The Balaban J connectivity index is 1.45. The topological polar surface area (TPSA) is 128 Å². The Hall–Kier alpha value is -4.63. The molecule has 0 aromatic heterocycles. The Morgan fingerprint density at radius 2 is 1.50 bits per heavy atom. The van der Waals surface area contributed by atoms with Crippen LogP contribution in [0.1, 0.15) is 40.1 Å². The summed E-state index contributed by atoms with van der Waals surface area (Å²) < 4.78 is 10.5. The number of nitrogens with zero attached hydrogens (tertiary/aromatic N) is 1. The van der Waals surface area contributed by atoms with Crippen LogP contribution in [0.25, 0.3) is 0 Å². The minimum absolute atomic E-state index is 0.122. The van der Waals surface area contributed by atoms with Gasteiger partial charge in [-0.2, -0.15) is 0 Å². The molecule has 3 aromatic rings. The number of nitrogens with two attached hydrogens (primary N) is 1. The smallest absolute Gasteiger partial charge is 0.343 e. The van der Waals surface area contributed by atoms with Crippen LogP contribution in [-0.2, 0) is 14.3 Å². The molecule has 0 bridgehead atoms. The third-order valence-electron chi connectivity index (χ3n) is 5.49. The number of imide groups is 1. The number of amides is 2. The minimum atomic E-state index is -0.715. The lowest BCUT2D eigenvalue weighted by Crippen LogP contribution is -2.32. The average Bonchev–Trinajstić information content (AvgIpc) is 3.08. The van der Waals surface area contributed by atoms with E-state index >= 15 is 0 Å². The summed E-state index contributed by atoms with van der Waals surface area (Å²) in [7, 11) is 0. The second kappa shape index (κ2) is 10.8. The number of rotatable bonds is 7. The molecule has 3 aromatic carbocycles. The lowest BCUT2D eigenvalue weighted by Gasteiger charge is -2.16. The van der Waals surface area contributed by atoms with E-state index in [2.05, 4.69) is 5.32 Å². The van der Waals surface area contributed by atoms with Gasteiger partial charge in [0.25, 0.3) is 11.8 Å². The summed E-state index contributed by atoms with van der Waals surface area (Å²) in [6.07, 6.45) is -0.285. The number of nitrogens with one attached hydrogen (secondary N) is 1. The number of halogens is 1. The molecule has 3 N–H and O–H groups in total. The largest absolute Gasteiger partial charge is 0.459 e. The molecule has 1 aliphatic heterocycles. The highest BCUT2D eigenvalue weighted by molar-refractivity contribution is 6.53. The molecule has 0 atom stereocenters. The quantitative estimate of drug-likeness (QED) is 0.192. The first-order valence-electron chi connectivity index (χ1n) is 11.6. The van der Waals surface area contributed by atoms with E-state index in [9.17, 15) is 19.2 Å². The number of ether oxygens (including phenoxy) is 2. The van der Waals surface area contributed by atoms with Crippen LogP contribution in [0.2, 0.25) is 0 Å². The Labute approximate surface area is 223 Å². The summed E-state index contributed by atoms with van der Waals surface area (Å²) in [5.41, 5.74) is 8.25. The van der Waals surface area contributed by atoms with Crippen molar-refractivity contribution in [2.75, 3.05) is 16.0 Å². The molecule has 0 spiro atoms. The normalized spacial score (nSPS) is 13.2. The van der Waals surface area contributed by atoms with Crippen LogP contribution in [0.4, 0.5) is 17.1 Å². The van der Waals surface area contributed by atoms with Crippen molar-refractivity contribution in [2.45, 2.75) is 26.9 Å². The van der Waals surface area contributed by atoms with Crippen molar-refractivity contribution in [1.29, 1.82) is 0 Å². The van der Waals surface area contributed by atoms with Crippen LogP contribution in [0.5, 0.6) is 5.75 Å². The van der Waals surface area contributed by atoms with Gasteiger partial charge < -0.3 is 20.5 Å². The molecule has 0 fully saturated rings. The molecule has 194 valence electrons. The maximum absolute atomic E-state index is 13.1. The van der Waals surface area contributed by atoms with E-state index in [1.807, 2.05) is 6.92 Å². The summed E-state index contributed by atoms with van der Waals surface area (Å²) in [6.45, 7) is 5.34. The van der Waals surface area contributed by atoms with Crippen molar-refractivity contribution in [2.24, 2.45) is 0 Å². The Kier molecular flexibility index (Phi) is 7.50. The van der Waals surface area contributed by atoms with E-state index in [1.165, 1.54) is 36.4 Å². The number of carbonyl (C=O) groups excluding carboxylic acids is 4. The van der Waals surface area contributed by atoms with E-state index in [0.29, 0.717) is 11.4 Å². The first-order valence-corrected chi connectivity index (χ1v) is 12.0. The molecule has 1 heterocycles. The molecule has 0 saturated carbocycles. The molecule has 0 unspecified atom stereocenters.